The van der Waals surface area contributed by atoms with Gasteiger partial charge in [0.25, 0.3) is 11.5 Å². The largest absolute Gasteiger partial charge is 0.401 e. The highest BCUT2D eigenvalue weighted by molar-refractivity contribution is 5.93. The third kappa shape index (κ3) is 5.38. The van der Waals surface area contributed by atoms with Crippen molar-refractivity contribution in [1.29, 1.82) is 0 Å². The molecule has 0 bridgehead atoms. The van der Waals surface area contributed by atoms with E-state index in [1.54, 1.807) is 13.1 Å². The molecule has 0 saturated carbocycles. The lowest BCUT2D eigenvalue weighted by molar-refractivity contribution is -0.148. The second kappa shape index (κ2) is 7.16. The molecule has 8 heteroatoms. The van der Waals surface area contributed by atoms with Gasteiger partial charge in [-0.1, -0.05) is 0 Å². The molecule has 5 nitrogen and oxygen atoms in total. The van der Waals surface area contributed by atoms with Gasteiger partial charge in [0.15, 0.2) is 0 Å². The van der Waals surface area contributed by atoms with Crippen LogP contribution in [0.4, 0.5) is 13.2 Å². The Balaban J connectivity index is 1.78. The van der Waals surface area contributed by atoms with Crippen LogP contribution in [-0.2, 0) is 7.05 Å². The molecule has 0 spiro atoms. The molecule has 0 unspecified atom stereocenters. The van der Waals surface area contributed by atoms with Crippen molar-refractivity contribution < 1.29 is 18.0 Å². The van der Waals surface area contributed by atoms with E-state index in [1.807, 2.05) is 0 Å². The number of nitrogens with one attached hydrogen (secondary N) is 1. The average Bonchev–Trinajstić information content (AvgIpc) is 2.47. The van der Waals surface area contributed by atoms with E-state index < -0.39 is 12.7 Å². The Kier molecular flexibility index (Phi) is 5.46. The molecule has 0 radical (unpaired) electrons. The maximum Gasteiger partial charge on any atom is 0.401 e. The van der Waals surface area contributed by atoms with Gasteiger partial charge >= 0.3 is 6.18 Å². The zero-order valence-electron chi connectivity index (χ0n) is 12.9. The van der Waals surface area contributed by atoms with Crippen molar-refractivity contribution in [3.8, 4) is 0 Å². The maximum absolute atomic E-state index is 12.3. The normalized spacial score (nSPS) is 17.2. The van der Waals surface area contributed by atoms with Crippen molar-refractivity contribution in [3.63, 3.8) is 0 Å². The highest BCUT2D eigenvalue weighted by atomic mass is 19.4. The fraction of sp³-hybridized carbons (Fsp3) is 0.600. The summed E-state index contributed by atoms with van der Waals surface area (Å²) in [7, 11) is 1.60. The number of piperidine rings is 1. The fourth-order valence-corrected chi connectivity index (χ4v) is 2.63. The van der Waals surface area contributed by atoms with Crippen LogP contribution in [0.15, 0.2) is 23.1 Å². The number of alkyl halides is 3. The number of hydrogen-bond donors (Lipinski definition) is 1. The van der Waals surface area contributed by atoms with Crippen molar-refractivity contribution >= 4 is 5.91 Å². The number of halogens is 3. The zero-order valence-corrected chi connectivity index (χ0v) is 12.9. The monoisotopic (exact) mass is 331 g/mol. The summed E-state index contributed by atoms with van der Waals surface area (Å²) in [6, 6.07) is 2.82. The van der Waals surface area contributed by atoms with Gasteiger partial charge in [-0.05, 0) is 37.9 Å². The predicted molar refractivity (Wildman–Crippen MR) is 79.2 cm³/mol. The van der Waals surface area contributed by atoms with Gasteiger partial charge in [-0.2, -0.15) is 13.2 Å². The number of hydrogen-bond acceptors (Lipinski definition) is 3. The van der Waals surface area contributed by atoms with Gasteiger partial charge < -0.3 is 9.88 Å². The Hall–Kier alpha value is -1.83. The maximum atomic E-state index is 12.3. The first-order chi connectivity index (χ1) is 10.7. The van der Waals surface area contributed by atoms with E-state index in [0.717, 1.165) is 0 Å². The minimum Gasteiger partial charge on any atom is -0.352 e. The molecule has 0 aliphatic carbocycles. The van der Waals surface area contributed by atoms with Gasteiger partial charge in [0.05, 0.1) is 6.54 Å². The molecule has 2 rings (SSSR count). The van der Waals surface area contributed by atoms with E-state index in [2.05, 4.69) is 5.32 Å². The van der Waals surface area contributed by atoms with E-state index in [4.69, 9.17) is 0 Å². The summed E-state index contributed by atoms with van der Waals surface area (Å²) in [5, 5.41) is 2.75. The first kappa shape index (κ1) is 17.5. The molecule has 1 aromatic rings. The van der Waals surface area contributed by atoms with Gasteiger partial charge in [-0.3, -0.25) is 14.5 Å². The third-order valence-corrected chi connectivity index (χ3v) is 4.03. The Bertz CT molecular complexity index is 605. The Labute approximate surface area is 132 Å². The highest BCUT2D eigenvalue weighted by Crippen LogP contribution is 2.22. The molecule has 1 aliphatic rings. The smallest absolute Gasteiger partial charge is 0.352 e. The average molecular weight is 331 g/mol. The van der Waals surface area contributed by atoms with Crippen LogP contribution < -0.4 is 10.9 Å². The summed E-state index contributed by atoms with van der Waals surface area (Å²) in [4.78, 5) is 24.9. The summed E-state index contributed by atoms with van der Waals surface area (Å²) in [6.07, 6.45) is -1.41. The lowest BCUT2D eigenvalue weighted by Gasteiger charge is -2.32. The van der Waals surface area contributed by atoms with Gasteiger partial charge in [-0.25, -0.2) is 0 Å². The molecule has 1 amide bonds. The second-order valence-electron chi connectivity index (χ2n) is 5.91. The van der Waals surface area contributed by atoms with Crippen LogP contribution in [-0.4, -0.2) is 47.7 Å². The van der Waals surface area contributed by atoms with E-state index >= 15 is 0 Å². The van der Waals surface area contributed by atoms with Crippen molar-refractivity contribution in [1.82, 2.24) is 14.8 Å². The van der Waals surface area contributed by atoms with Crippen molar-refractivity contribution in [2.24, 2.45) is 13.0 Å². The van der Waals surface area contributed by atoms with Crippen LogP contribution in [0.3, 0.4) is 0 Å². The zero-order chi connectivity index (χ0) is 17.0. The van der Waals surface area contributed by atoms with Gasteiger partial charge in [-0.15, -0.1) is 0 Å². The molecule has 2 heterocycles. The summed E-state index contributed by atoms with van der Waals surface area (Å²) >= 11 is 0. The Morgan fingerprint density at radius 3 is 2.57 bits per heavy atom. The highest BCUT2D eigenvalue weighted by Gasteiger charge is 2.32. The van der Waals surface area contributed by atoms with Crippen molar-refractivity contribution in [2.45, 2.75) is 19.0 Å². The molecule has 1 saturated heterocycles. The Morgan fingerprint density at radius 2 is 2.00 bits per heavy atom. The fourth-order valence-electron chi connectivity index (χ4n) is 2.63. The SMILES string of the molecule is Cn1ccc(C(=O)NCC2CCN(CC(F)(F)F)CC2)cc1=O. The molecule has 0 atom stereocenters. The molecule has 128 valence electrons. The molecule has 1 fully saturated rings. The number of amides is 1. The molecular weight excluding hydrogens is 311 g/mol. The predicted octanol–water partition coefficient (Wildman–Crippen LogP) is 1.39. The van der Waals surface area contributed by atoms with E-state index in [9.17, 15) is 22.8 Å². The molecule has 23 heavy (non-hydrogen) atoms. The minimum absolute atomic E-state index is 0.162. The van der Waals surface area contributed by atoms with Crippen molar-refractivity contribution in [2.75, 3.05) is 26.2 Å². The van der Waals surface area contributed by atoms with Crippen LogP contribution in [0, 0.1) is 5.92 Å². The third-order valence-electron chi connectivity index (χ3n) is 4.03. The van der Waals surface area contributed by atoms with E-state index in [0.29, 0.717) is 38.0 Å². The summed E-state index contributed by atoms with van der Waals surface area (Å²) < 4.78 is 38.3. The first-order valence-electron chi connectivity index (χ1n) is 7.48. The second-order valence-corrected chi connectivity index (χ2v) is 5.91. The van der Waals surface area contributed by atoms with Gasteiger partial charge in [0, 0.05) is 31.4 Å². The van der Waals surface area contributed by atoms with Crippen LogP contribution in [0.2, 0.25) is 0 Å². The number of aromatic nitrogens is 1. The Morgan fingerprint density at radius 1 is 1.35 bits per heavy atom. The number of rotatable bonds is 4. The van der Waals surface area contributed by atoms with Gasteiger partial charge in [0.1, 0.15) is 0 Å². The number of nitrogens with zero attached hydrogens (tertiary/aromatic N) is 2. The summed E-state index contributed by atoms with van der Waals surface area (Å²) in [5.74, 6) is -0.171. The number of pyridine rings is 1. The lowest BCUT2D eigenvalue weighted by atomic mass is 9.96. The number of aryl methyl sites for hydroxylation is 1. The molecule has 0 aromatic carbocycles. The standard InChI is InChI=1S/C15H20F3N3O2/c1-20-5-4-12(8-13(20)22)14(23)19-9-11-2-6-21(7-3-11)10-15(16,17)18/h4-5,8,11H,2-3,6-7,9-10H2,1H3,(H,19,23). The minimum atomic E-state index is -4.17. The first-order valence-corrected chi connectivity index (χ1v) is 7.48. The van der Waals surface area contributed by atoms with Crippen molar-refractivity contribution in [3.05, 3.63) is 34.2 Å². The summed E-state index contributed by atoms with van der Waals surface area (Å²) in [5.41, 5.74) is 0.0284. The molecule has 1 aliphatic heterocycles. The quantitative estimate of drug-likeness (QED) is 0.907. The number of carbonyl (C=O) groups excluding carboxylic acids is 1. The number of likely N-dealkylation sites (tertiary alicyclic amines) is 1. The van der Waals surface area contributed by atoms with Crippen LogP contribution in [0.5, 0.6) is 0 Å². The van der Waals surface area contributed by atoms with Crippen LogP contribution in [0.1, 0.15) is 23.2 Å². The van der Waals surface area contributed by atoms with Crippen LogP contribution in [0.25, 0.3) is 0 Å². The van der Waals surface area contributed by atoms with E-state index in [-0.39, 0.29) is 17.4 Å². The lowest BCUT2D eigenvalue weighted by Crippen LogP contribution is -2.42. The van der Waals surface area contributed by atoms with Gasteiger partial charge in [0.2, 0.25) is 0 Å². The van der Waals surface area contributed by atoms with Crippen LogP contribution >= 0.6 is 0 Å². The molecule has 1 aromatic heterocycles. The molecule has 1 N–H and O–H groups in total. The topological polar surface area (TPSA) is 54.3 Å². The number of carbonyl (C=O) groups is 1. The molecular formula is C15H20F3N3O2. The summed E-state index contributed by atoms with van der Waals surface area (Å²) in [6.45, 7) is 0.297. The van der Waals surface area contributed by atoms with E-state index in [1.165, 1.54) is 21.7 Å².